The monoisotopic (exact) mass is 222 g/mol. The topological polar surface area (TPSA) is 38.7 Å². The Hall–Kier alpha value is -0.900. The third-order valence-corrected chi connectivity index (χ3v) is 2.90. The molecule has 0 unspecified atom stereocenters. The fourth-order valence-electron chi connectivity index (χ4n) is 1.65. The van der Waals surface area contributed by atoms with E-state index in [9.17, 15) is 5.11 Å². The molecule has 0 aliphatic carbocycles. The fraction of sp³-hybridized carbons (Fsp3) is 0.538. The van der Waals surface area contributed by atoms with Gasteiger partial charge in [0.05, 0.1) is 19.8 Å². The molecule has 0 aromatic heterocycles. The molecule has 1 heterocycles. The second-order valence-electron chi connectivity index (χ2n) is 4.83. The molecule has 0 atom stereocenters. The lowest BCUT2D eigenvalue weighted by atomic mass is 9.93. The Balaban J connectivity index is 2.01. The lowest BCUT2D eigenvalue weighted by Gasteiger charge is -2.36. The maximum Gasteiger partial charge on any atom is 0.183 e. The lowest BCUT2D eigenvalue weighted by molar-refractivity contribution is -0.236. The van der Waals surface area contributed by atoms with E-state index in [1.165, 1.54) is 5.56 Å². The van der Waals surface area contributed by atoms with E-state index in [0.29, 0.717) is 13.2 Å². The molecular weight excluding hydrogens is 204 g/mol. The van der Waals surface area contributed by atoms with Crippen LogP contribution in [0, 0.1) is 12.3 Å². The van der Waals surface area contributed by atoms with Crippen LogP contribution in [0.15, 0.2) is 24.3 Å². The maximum atomic E-state index is 9.18. The van der Waals surface area contributed by atoms with Gasteiger partial charge in [0.1, 0.15) is 0 Å². The largest absolute Gasteiger partial charge is 0.396 e. The number of hydrogen-bond donors (Lipinski definition) is 1. The summed E-state index contributed by atoms with van der Waals surface area (Å²) in [5.41, 5.74) is 1.99. The molecule has 1 saturated heterocycles. The summed E-state index contributed by atoms with van der Waals surface area (Å²) in [5, 5.41) is 9.18. The van der Waals surface area contributed by atoms with Gasteiger partial charge in [-0.15, -0.1) is 0 Å². The first-order valence-electron chi connectivity index (χ1n) is 5.54. The molecule has 1 aliphatic heterocycles. The van der Waals surface area contributed by atoms with Crippen molar-refractivity contribution in [3.63, 3.8) is 0 Å². The molecule has 0 amide bonds. The molecule has 1 aromatic rings. The van der Waals surface area contributed by atoms with Crippen molar-refractivity contribution in [1.82, 2.24) is 0 Å². The zero-order valence-electron chi connectivity index (χ0n) is 9.77. The molecule has 1 aliphatic rings. The van der Waals surface area contributed by atoms with Crippen LogP contribution in [-0.2, 0) is 9.47 Å². The highest BCUT2D eigenvalue weighted by Gasteiger charge is 2.32. The third-order valence-electron chi connectivity index (χ3n) is 2.90. The van der Waals surface area contributed by atoms with Crippen LogP contribution in [-0.4, -0.2) is 24.9 Å². The van der Waals surface area contributed by atoms with Gasteiger partial charge in [0.2, 0.25) is 0 Å². The minimum atomic E-state index is -0.291. The smallest absolute Gasteiger partial charge is 0.183 e. The van der Waals surface area contributed by atoms with E-state index in [1.54, 1.807) is 0 Å². The van der Waals surface area contributed by atoms with Crippen molar-refractivity contribution in [2.75, 3.05) is 19.8 Å². The van der Waals surface area contributed by atoms with Crippen molar-refractivity contribution < 1.29 is 14.6 Å². The highest BCUT2D eigenvalue weighted by Crippen LogP contribution is 2.31. The molecule has 1 N–H and O–H groups in total. The SMILES string of the molecule is Cc1ccc(C2OCC(C)(CO)CO2)cc1. The van der Waals surface area contributed by atoms with Gasteiger partial charge in [-0.1, -0.05) is 36.8 Å². The number of ether oxygens (including phenoxy) is 2. The van der Waals surface area contributed by atoms with Gasteiger partial charge < -0.3 is 14.6 Å². The van der Waals surface area contributed by atoms with E-state index in [4.69, 9.17) is 9.47 Å². The average molecular weight is 222 g/mol. The number of hydrogen-bond acceptors (Lipinski definition) is 3. The van der Waals surface area contributed by atoms with E-state index in [1.807, 2.05) is 31.2 Å². The van der Waals surface area contributed by atoms with Gasteiger partial charge in [0.25, 0.3) is 0 Å². The molecule has 16 heavy (non-hydrogen) atoms. The van der Waals surface area contributed by atoms with E-state index in [-0.39, 0.29) is 18.3 Å². The van der Waals surface area contributed by atoms with Gasteiger partial charge in [0, 0.05) is 11.0 Å². The summed E-state index contributed by atoms with van der Waals surface area (Å²) in [5.74, 6) is 0. The third kappa shape index (κ3) is 2.43. The van der Waals surface area contributed by atoms with E-state index in [0.717, 1.165) is 5.56 Å². The summed E-state index contributed by atoms with van der Waals surface area (Å²) in [6.07, 6.45) is -0.291. The fourth-order valence-corrected chi connectivity index (χ4v) is 1.65. The molecule has 2 rings (SSSR count). The Bertz CT molecular complexity index is 337. The van der Waals surface area contributed by atoms with Crippen molar-refractivity contribution in [2.45, 2.75) is 20.1 Å². The van der Waals surface area contributed by atoms with Gasteiger partial charge in [-0.25, -0.2) is 0 Å². The quantitative estimate of drug-likeness (QED) is 0.832. The Kier molecular flexibility index (Phi) is 3.28. The van der Waals surface area contributed by atoms with E-state index in [2.05, 4.69) is 6.92 Å². The lowest BCUT2D eigenvalue weighted by Crippen LogP contribution is -2.39. The first-order valence-corrected chi connectivity index (χ1v) is 5.54. The second-order valence-corrected chi connectivity index (χ2v) is 4.83. The van der Waals surface area contributed by atoms with Gasteiger partial charge in [-0.2, -0.15) is 0 Å². The molecule has 1 aromatic carbocycles. The Morgan fingerprint density at radius 3 is 2.31 bits per heavy atom. The number of aliphatic hydroxyl groups excluding tert-OH is 1. The van der Waals surface area contributed by atoms with Crippen LogP contribution in [0.1, 0.15) is 24.3 Å². The molecule has 3 heteroatoms. The molecular formula is C13H18O3. The van der Waals surface area contributed by atoms with Crippen molar-refractivity contribution in [3.8, 4) is 0 Å². The van der Waals surface area contributed by atoms with Crippen LogP contribution >= 0.6 is 0 Å². The second kappa shape index (κ2) is 4.53. The van der Waals surface area contributed by atoms with Crippen molar-refractivity contribution in [3.05, 3.63) is 35.4 Å². The van der Waals surface area contributed by atoms with E-state index >= 15 is 0 Å². The molecule has 88 valence electrons. The van der Waals surface area contributed by atoms with Crippen LogP contribution in [0.2, 0.25) is 0 Å². The van der Waals surface area contributed by atoms with Crippen LogP contribution in [0.5, 0.6) is 0 Å². The summed E-state index contributed by atoms with van der Waals surface area (Å²) in [6, 6.07) is 8.12. The Labute approximate surface area is 96.0 Å². The van der Waals surface area contributed by atoms with Crippen molar-refractivity contribution in [2.24, 2.45) is 5.41 Å². The standard InChI is InChI=1S/C13H18O3/c1-10-3-5-11(6-4-10)12-15-8-13(2,7-14)9-16-12/h3-6,12,14H,7-9H2,1-2H3. The molecule has 1 fully saturated rings. The van der Waals surface area contributed by atoms with Crippen LogP contribution in [0.4, 0.5) is 0 Å². The van der Waals surface area contributed by atoms with Crippen LogP contribution in [0.25, 0.3) is 0 Å². The Morgan fingerprint density at radius 1 is 1.25 bits per heavy atom. The number of aryl methyl sites for hydroxylation is 1. The van der Waals surface area contributed by atoms with Crippen molar-refractivity contribution in [1.29, 1.82) is 0 Å². The molecule has 0 spiro atoms. The summed E-state index contributed by atoms with van der Waals surface area (Å²) in [7, 11) is 0. The zero-order valence-corrected chi connectivity index (χ0v) is 9.77. The number of rotatable bonds is 2. The average Bonchev–Trinajstić information content (AvgIpc) is 2.32. The van der Waals surface area contributed by atoms with Gasteiger partial charge in [-0.3, -0.25) is 0 Å². The minimum Gasteiger partial charge on any atom is -0.396 e. The van der Waals surface area contributed by atoms with Gasteiger partial charge in [0.15, 0.2) is 6.29 Å². The number of benzene rings is 1. The van der Waals surface area contributed by atoms with Crippen LogP contribution in [0.3, 0.4) is 0 Å². The van der Waals surface area contributed by atoms with Gasteiger partial charge >= 0.3 is 0 Å². The predicted octanol–water partition coefficient (Wildman–Crippen LogP) is 2.04. The van der Waals surface area contributed by atoms with E-state index < -0.39 is 0 Å². The zero-order chi connectivity index (χ0) is 11.6. The Morgan fingerprint density at radius 2 is 1.81 bits per heavy atom. The summed E-state index contributed by atoms with van der Waals surface area (Å²) >= 11 is 0. The molecule has 0 bridgehead atoms. The summed E-state index contributed by atoms with van der Waals surface area (Å²) in [4.78, 5) is 0. The first kappa shape index (κ1) is 11.6. The predicted molar refractivity (Wildman–Crippen MR) is 61.0 cm³/mol. The highest BCUT2D eigenvalue weighted by atomic mass is 16.7. The number of aliphatic hydroxyl groups is 1. The van der Waals surface area contributed by atoms with Crippen LogP contribution < -0.4 is 0 Å². The molecule has 0 radical (unpaired) electrons. The highest BCUT2D eigenvalue weighted by molar-refractivity contribution is 5.22. The molecule has 0 saturated carbocycles. The summed E-state index contributed by atoms with van der Waals surface area (Å²) < 4.78 is 11.3. The van der Waals surface area contributed by atoms with Crippen molar-refractivity contribution >= 4 is 0 Å². The minimum absolute atomic E-state index is 0.0909. The van der Waals surface area contributed by atoms with Gasteiger partial charge in [-0.05, 0) is 6.92 Å². The molecule has 3 nitrogen and oxygen atoms in total. The first-order chi connectivity index (χ1) is 7.63. The maximum absolute atomic E-state index is 9.18. The normalized spacial score (nSPS) is 30.3. The summed E-state index contributed by atoms with van der Waals surface area (Å²) in [6.45, 7) is 5.16.